The lowest BCUT2D eigenvalue weighted by Crippen LogP contribution is -2.57. The van der Waals surface area contributed by atoms with Gasteiger partial charge >= 0.3 is 0 Å². The van der Waals surface area contributed by atoms with E-state index in [1.165, 1.54) is 5.56 Å². The van der Waals surface area contributed by atoms with E-state index in [1.54, 1.807) is 7.11 Å². The van der Waals surface area contributed by atoms with Crippen molar-refractivity contribution in [2.45, 2.75) is 39.0 Å². The Balaban J connectivity index is 1.61. The highest BCUT2D eigenvalue weighted by Crippen LogP contribution is 2.22. The van der Waals surface area contributed by atoms with Crippen LogP contribution in [0.15, 0.2) is 18.2 Å². The maximum atomic E-state index is 12.7. The van der Waals surface area contributed by atoms with Gasteiger partial charge in [0.2, 0.25) is 5.91 Å². The summed E-state index contributed by atoms with van der Waals surface area (Å²) in [5.41, 5.74) is 2.31. The van der Waals surface area contributed by atoms with Gasteiger partial charge in [-0.25, -0.2) is 0 Å². The number of rotatable bonds is 7. The molecule has 26 heavy (non-hydrogen) atoms. The Bertz CT molecular complexity index is 602. The summed E-state index contributed by atoms with van der Waals surface area (Å²) >= 11 is 0. The zero-order valence-corrected chi connectivity index (χ0v) is 16.0. The van der Waals surface area contributed by atoms with Crippen LogP contribution in [-0.4, -0.2) is 68.2 Å². The van der Waals surface area contributed by atoms with Crippen LogP contribution in [0, 0.1) is 0 Å². The van der Waals surface area contributed by atoms with Crippen molar-refractivity contribution in [2.75, 3.05) is 46.4 Å². The minimum atomic E-state index is -0.0806. The number of carbonyl (C=O) groups excluding carboxylic acids is 1. The van der Waals surface area contributed by atoms with Crippen LogP contribution in [0.4, 0.5) is 0 Å². The predicted octanol–water partition coefficient (Wildman–Crippen LogP) is 1.63. The number of likely N-dealkylation sites (tertiary alicyclic amines) is 1. The smallest absolute Gasteiger partial charge is 0.241 e. The highest BCUT2D eigenvalue weighted by molar-refractivity contribution is 5.82. The van der Waals surface area contributed by atoms with Gasteiger partial charge in [-0.2, -0.15) is 0 Å². The second-order valence-corrected chi connectivity index (χ2v) is 7.06. The minimum absolute atomic E-state index is 0.0806. The molecule has 2 aliphatic rings. The highest BCUT2D eigenvalue weighted by Gasteiger charge is 2.30. The fourth-order valence-corrected chi connectivity index (χ4v) is 3.79. The quantitative estimate of drug-likeness (QED) is 0.800. The molecule has 0 saturated carbocycles. The summed E-state index contributed by atoms with van der Waals surface area (Å²) in [5.74, 6) is 1.13. The molecule has 2 aliphatic heterocycles. The van der Waals surface area contributed by atoms with E-state index < -0.39 is 0 Å². The second-order valence-electron chi connectivity index (χ2n) is 7.06. The molecule has 0 aliphatic carbocycles. The van der Waals surface area contributed by atoms with Crippen LogP contribution in [0.2, 0.25) is 0 Å². The molecule has 6 nitrogen and oxygen atoms in total. The van der Waals surface area contributed by atoms with Crippen LogP contribution < -0.4 is 10.1 Å². The summed E-state index contributed by atoms with van der Waals surface area (Å²) < 4.78 is 11.0. The Hall–Kier alpha value is -1.63. The Kier molecular flexibility index (Phi) is 6.88. The molecule has 1 N–H and O–H groups in total. The summed E-state index contributed by atoms with van der Waals surface area (Å²) in [6.45, 7) is 8.48. The third-order valence-corrected chi connectivity index (χ3v) is 5.19. The first-order valence-electron chi connectivity index (χ1n) is 9.69. The standard InChI is InChI=1S/C20H31N3O3/c1-3-26-15-17-12-16(6-7-19(17)25-2)13-22-11-8-21-18(14-22)20(24)23-9-4-5-10-23/h6-7,12,18,21H,3-5,8-11,13-15H2,1-2H3. The fraction of sp³-hybridized carbons (Fsp3) is 0.650. The number of piperazine rings is 1. The van der Waals surface area contributed by atoms with Gasteiger partial charge in [0, 0.05) is 51.4 Å². The van der Waals surface area contributed by atoms with Crippen molar-refractivity contribution >= 4 is 5.91 Å². The molecule has 3 rings (SSSR count). The minimum Gasteiger partial charge on any atom is -0.496 e. The van der Waals surface area contributed by atoms with Crippen molar-refractivity contribution in [3.8, 4) is 5.75 Å². The summed E-state index contributed by atoms with van der Waals surface area (Å²) in [7, 11) is 1.69. The molecular formula is C20H31N3O3. The molecule has 1 unspecified atom stereocenters. The first-order chi connectivity index (χ1) is 12.7. The van der Waals surface area contributed by atoms with Gasteiger partial charge in [-0.05, 0) is 37.5 Å². The van der Waals surface area contributed by atoms with Crippen molar-refractivity contribution < 1.29 is 14.3 Å². The normalized spacial score (nSPS) is 21.2. The maximum Gasteiger partial charge on any atom is 0.241 e. The Labute approximate surface area is 156 Å². The van der Waals surface area contributed by atoms with Crippen LogP contribution in [0.5, 0.6) is 5.75 Å². The zero-order chi connectivity index (χ0) is 18.4. The molecule has 1 amide bonds. The van der Waals surface area contributed by atoms with E-state index in [2.05, 4.69) is 22.3 Å². The molecule has 2 saturated heterocycles. The topological polar surface area (TPSA) is 54.0 Å². The molecule has 0 aromatic heterocycles. The summed E-state index contributed by atoms with van der Waals surface area (Å²) in [6.07, 6.45) is 2.27. The zero-order valence-electron chi connectivity index (χ0n) is 16.0. The molecule has 2 fully saturated rings. The third-order valence-electron chi connectivity index (χ3n) is 5.19. The van der Waals surface area contributed by atoms with Crippen molar-refractivity contribution in [3.63, 3.8) is 0 Å². The molecule has 2 heterocycles. The van der Waals surface area contributed by atoms with E-state index >= 15 is 0 Å². The van der Waals surface area contributed by atoms with Gasteiger partial charge < -0.3 is 19.7 Å². The Morgan fingerprint density at radius 1 is 1.27 bits per heavy atom. The maximum absolute atomic E-state index is 12.7. The summed E-state index contributed by atoms with van der Waals surface area (Å²) in [4.78, 5) is 17.0. The molecular weight excluding hydrogens is 330 g/mol. The van der Waals surface area contributed by atoms with Gasteiger partial charge in [0.25, 0.3) is 0 Å². The highest BCUT2D eigenvalue weighted by atomic mass is 16.5. The number of hydrogen-bond acceptors (Lipinski definition) is 5. The van der Waals surface area contributed by atoms with E-state index in [0.29, 0.717) is 13.2 Å². The molecule has 0 spiro atoms. The van der Waals surface area contributed by atoms with Gasteiger partial charge in [0.05, 0.1) is 19.8 Å². The molecule has 0 bridgehead atoms. The van der Waals surface area contributed by atoms with Crippen LogP contribution >= 0.6 is 0 Å². The van der Waals surface area contributed by atoms with Gasteiger partial charge in [-0.15, -0.1) is 0 Å². The summed E-state index contributed by atoms with van der Waals surface area (Å²) in [5, 5.41) is 3.40. The van der Waals surface area contributed by atoms with Gasteiger partial charge in [0.15, 0.2) is 0 Å². The molecule has 1 atom stereocenters. The average molecular weight is 361 g/mol. The number of nitrogens with zero attached hydrogens (tertiary/aromatic N) is 2. The molecule has 1 aromatic carbocycles. The predicted molar refractivity (Wildman–Crippen MR) is 101 cm³/mol. The monoisotopic (exact) mass is 361 g/mol. The fourth-order valence-electron chi connectivity index (χ4n) is 3.79. The van der Waals surface area contributed by atoms with E-state index in [-0.39, 0.29) is 11.9 Å². The first kappa shape index (κ1) is 19.1. The Morgan fingerprint density at radius 2 is 2.08 bits per heavy atom. The number of carbonyl (C=O) groups is 1. The van der Waals surface area contributed by atoms with Crippen molar-refractivity contribution in [2.24, 2.45) is 0 Å². The number of benzene rings is 1. The van der Waals surface area contributed by atoms with Gasteiger partial charge in [-0.1, -0.05) is 6.07 Å². The average Bonchev–Trinajstić information content (AvgIpc) is 3.21. The number of nitrogens with one attached hydrogen (secondary N) is 1. The number of amides is 1. The Morgan fingerprint density at radius 3 is 2.81 bits per heavy atom. The first-order valence-corrected chi connectivity index (χ1v) is 9.69. The van der Waals surface area contributed by atoms with E-state index in [4.69, 9.17) is 9.47 Å². The summed E-state index contributed by atoms with van der Waals surface area (Å²) in [6, 6.07) is 6.20. The molecule has 0 radical (unpaired) electrons. The second kappa shape index (κ2) is 9.35. The van der Waals surface area contributed by atoms with E-state index in [0.717, 1.165) is 63.4 Å². The van der Waals surface area contributed by atoms with Crippen molar-refractivity contribution in [1.29, 1.82) is 0 Å². The lowest BCUT2D eigenvalue weighted by molar-refractivity contribution is -0.133. The lowest BCUT2D eigenvalue weighted by Gasteiger charge is -2.34. The number of ether oxygens (including phenoxy) is 2. The van der Waals surface area contributed by atoms with Crippen molar-refractivity contribution in [1.82, 2.24) is 15.1 Å². The van der Waals surface area contributed by atoms with Crippen LogP contribution in [-0.2, 0) is 22.7 Å². The van der Waals surface area contributed by atoms with Crippen LogP contribution in [0.1, 0.15) is 30.9 Å². The molecule has 6 heteroatoms. The molecule has 144 valence electrons. The molecule has 1 aromatic rings. The van der Waals surface area contributed by atoms with Crippen LogP contribution in [0.3, 0.4) is 0 Å². The van der Waals surface area contributed by atoms with Gasteiger partial charge in [-0.3, -0.25) is 9.69 Å². The number of methoxy groups -OCH3 is 1. The SMILES string of the molecule is CCOCc1cc(CN2CCNC(C(=O)N3CCCC3)C2)ccc1OC. The van der Waals surface area contributed by atoms with Crippen LogP contribution in [0.25, 0.3) is 0 Å². The van der Waals surface area contributed by atoms with Gasteiger partial charge in [0.1, 0.15) is 5.75 Å². The van der Waals surface area contributed by atoms with E-state index in [9.17, 15) is 4.79 Å². The van der Waals surface area contributed by atoms with Crippen molar-refractivity contribution in [3.05, 3.63) is 29.3 Å². The third kappa shape index (κ3) is 4.75. The largest absolute Gasteiger partial charge is 0.496 e. The number of hydrogen-bond donors (Lipinski definition) is 1. The lowest BCUT2D eigenvalue weighted by atomic mass is 10.1. The van der Waals surface area contributed by atoms with E-state index in [1.807, 2.05) is 17.9 Å².